The zero-order chi connectivity index (χ0) is 13.2. The third-order valence-electron chi connectivity index (χ3n) is 2.71. The average Bonchev–Trinajstić information content (AvgIpc) is 2.58. The maximum Gasteiger partial charge on any atom is 0.150 e. The van der Waals surface area contributed by atoms with E-state index in [1.807, 2.05) is 51.2 Å². The van der Waals surface area contributed by atoms with Crippen LogP contribution in [-0.2, 0) is 9.53 Å². The minimum atomic E-state index is -0.273. The number of aldehydes is 1. The number of rotatable bonds is 2. The predicted molar refractivity (Wildman–Crippen MR) is 73.0 cm³/mol. The maximum atomic E-state index is 11.2. The summed E-state index contributed by atoms with van der Waals surface area (Å²) < 4.78 is 5.96. The van der Waals surface area contributed by atoms with E-state index in [0.29, 0.717) is 5.57 Å². The molecule has 2 rings (SSSR count). The summed E-state index contributed by atoms with van der Waals surface area (Å²) in [5.74, 6) is 0.788. The van der Waals surface area contributed by atoms with Crippen LogP contribution in [0.25, 0.3) is 0 Å². The molecule has 0 saturated carbocycles. The van der Waals surface area contributed by atoms with Crippen LogP contribution in [-0.4, -0.2) is 11.9 Å². The lowest BCUT2D eigenvalue weighted by molar-refractivity contribution is -0.104. The Labute approximate surface area is 108 Å². The van der Waals surface area contributed by atoms with Gasteiger partial charge >= 0.3 is 0 Å². The minimum absolute atomic E-state index is 0.273. The lowest BCUT2D eigenvalue weighted by atomic mass is 10.00. The molecule has 0 saturated heterocycles. The fourth-order valence-corrected chi connectivity index (χ4v) is 1.98. The number of hydrogen-bond donors (Lipinski definition) is 0. The molecule has 2 aliphatic rings. The maximum absolute atomic E-state index is 11.2. The van der Waals surface area contributed by atoms with E-state index in [-0.39, 0.29) is 5.60 Å². The molecule has 0 atom stereocenters. The van der Waals surface area contributed by atoms with Crippen molar-refractivity contribution in [1.82, 2.24) is 0 Å². The summed E-state index contributed by atoms with van der Waals surface area (Å²) in [7, 11) is 0. The van der Waals surface area contributed by atoms with E-state index in [1.54, 1.807) is 0 Å². The van der Waals surface area contributed by atoms with Crippen LogP contribution in [0.5, 0.6) is 0 Å². The molecular formula is C16H18O2. The minimum Gasteiger partial charge on any atom is -0.488 e. The molecule has 0 fully saturated rings. The Bertz CT molecular complexity index is 506. The highest BCUT2D eigenvalue weighted by molar-refractivity contribution is 5.82. The fourth-order valence-electron chi connectivity index (χ4n) is 1.98. The Morgan fingerprint density at radius 2 is 1.89 bits per heavy atom. The molecule has 0 heterocycles. The van der Waals surface area contributed by atoms with E-state index in [1.165, 1.54) is 5.57 Å². The number of carbonyl (C=O) groups is 1. The van der Waals surface area contributed by atoms with E-state index < -0.39 is 0 Å². The first kappa shape index (κ1) is 12.6. The second-order valence-electron chi connectivity index (χ2n) is 5.43. The summed E-state index contributed by atoms with van der Waals surface area (Å²) in [6.45, 7) is 6.02. The van der Waals surface area contributed by atoms with Gasteiger partial charge in [-0.05, 0) is 32.4 Å². The Morgan fingerprint density at radius 1 is 1.17 bits per heavy atom. The second-order valence-corrected chi connectivity index (χ2v) is 5.43. The molecule has 0 spiro atoms. The molecule has 0 radical (unpaired) electrons. The van der Waals surface area contributed by atoms with Crippen LogP contribution in [0.1, 0.15) is 27.2 Å². The van der Waals surface area contributed by atoms with Crippen molar-refractivity contribution in [2.24, 2.45) is 0 Å². The molecule has 0 amide bonds. The highest BCUT2D eigenvalue weighted by Gasteiger charge is 2.20. The van der Waals surface area contributed by atoms with E-state index in [9.17, 15) is 4.79 Å². The summed E-state index contributed by atoms with van der Waals surface area (Å²) >= 11 is 0. The Kier molecular flexibility index (Phi) is 3.37. The number of carbonyl (C=O) groups excluding carboxylic acids is 1. The number of fused-ring (bicyclic) bond motifs is 2. The monoisotopic (exact) mass is 242 g/mol. The normalized spacial score (nSPS) is 18.8. The van der Waals surface area contributed by atoms with Gasteiger partial charge in [0.15, 0.2) is 0 Å². The summed E-state index contributed by atoms with van der Waals surface area (Å²) in [6, 6.07) is 0. The van der Waals surface area contributed by atoms with Crippen molar-refractivity contribution >= 4 is 6.29 Å². The van der Waals surface area contributed by atoms with Gasteiger partial charge in [-0.15, -0.1) is 0 Å². The van der Waals surface area contributed by atoms with Gasteiger partial charge in [0.05, 0.1) is 0 Å². The number of hydrogen-bond acceptors (Lipinski definition) is 2. The molecule has 2 heteroatoms. The van der Waals surface area contributed by atoms with Gasteiger partial charge in [-0.2, -0.15) is 0 Å². The van der Waals surface area contributed by atoms with E-state index in [0.717, 1.165) is 24.0 Å². The highest BCUT2D eigenvalue weighted by atomic mass is 16.5. The molecule has 0 aliphatic heterocycles. The summed E-state index contributed by atoms with van der Waals surface area (Å²) in [5.41, 5.74) is 2.57. The molecule has 2 nitrogen and oxygen atoms in total. The quantitative estimate of drug-likeness (QED) is 0.691. The van der Waals surface area contributed by atoms with Crippen LogP contribution in [0, 0.1) is 0 Å². The van der Waals surface area contributed by atoms with Gasteiger partial charge in [-0.25, -0.2) is 0 Å². The molecule has 94 valence electrons. The van der Waals surface area contributed by atoms with Crippen molar-refractivity contribution < 1.29 is 9.53 Å². The topological polar surface area (TPSA) is 26.3 Å². The van der Waals surface area contributed by atoms with Gasteiger partial charge < -0.3 is 4.74 Å². The smallest absolute Gasteiger partial charge is 0.150 e. The number of allylic oxidation sites excluding steroid dienone is 9. The SMILES string of the molecule is CC(C)(C)OC1=C2CC(=CC=C1)C=CC=C2C=O. The molecule has 0 N–H and O–H groups in total. The molecule has 0 aromatic heterocycles. The fraction of sp³-hybridized carbons (Fsp3) is 0.312. The number of ether oxygens (including phenoxy) is 1. The van der Waals surface area contributed by atoms with Crippen LogP contribution in [0.4, 0.5) is 0 Å². The van der Waals surface area contributed by atoms with Gasteiger partial charge in [0, 0.05) is 17.6 Å². The second kappa shape index (κ2) is 4.81. The summed E-state index contributed by atoms with van der Waals surface area (Å²) in [4.78, 5) is 11.2. The van der Waals surface area contributed by atoms with Crippen molar-refractivity contribution in [2.45, 2.75) is 32.8 Å². The average molecular weight is 242 g/mol. The Morgan fingerprint density at radius 3 is 2.56 bits per heavy atom. The molecule has 0 aromatic rings. The summed E-state index contributed by atoms with van der Waals surface area (Å²) in [6.07, 6.45) is 13.4. The van der Waals surface area contributed by atoms with Crippen molar-refractivity contribution in [3.8, 4) is 0 Å². The van der Waals surface area contributed by atoms with Crippen LogP contribution in [0.2, 0.25) is 0 Å². The van der Waals surface area contributed by atoms with Crippen LogP contribution in [0.3, 0.4) is 0 Å². The molecule has 2 aliphatic carbocycles. The Hall–Kier alpha value is -1.83. The third kappa shape index (κ3) is 2.89. The lowest BCUT2D eigenvalue weighted by Gasteiger charge is -2.24. The van der Waals surface area contributed by atoms with Crippen LogP contribution >= 0.6 is 0 Å². The Balaban J connectivity index is 2.48. The van der Waals surface area contributed by atoms with Crippen molar-refractivity contribution in [2.75, 3.05) is 0 Å². The van der Waals surface area contributed by atoms with Crippen molar-refractivity contribution in [1.29, 1.82) is 0 Å². The van der Waals surface area contributed by atoms with Gasteiger partial charge in [0.1, 0.15) is 17.6 Å². The van der Waals surface area contributed by atoms with Crippen LogP contribution in [0.15, 0.2) is 58.9 Å². The molecule has 0 aromatic carbocycles. The zero-order valence-corrected chi connectivity index (χ0v) is 11.1. The summed E-state index contributed by atoms with van der Waals surface area (Å²) in [5, 5.41) is 0. The van der Waals surface area contributed by atoms with Gasteiger partial charge in [0.2, 0.25) is 0 Å². The first-order valence-corrected chi connectivity index (χ1v) is 6.13. The standard InChI is InChI=1S/C16H18O2/c1-16(2,3)18-15-9-5-7-12-6-4-8-13(11-17)14(15)10-12/h4-9,11H,10H2,1-3H3. The van der Waals surface area contributed by atoms with E-state index in [2.05, 4.69) is 6.08 Å². The molecule has 0 unspecified atom stereocenters. The lowest BCUT2D eigenvalue weighted by Crippen LogP contribution is -2.19. The van der Waals surface area contributed by atoms with Gasteiger partial charge in [-0.3, -0.25) is 4.79 Å². The van der Waals surface area contributed by atoms with E-state index >= 15 is 0 Å². The first-order chi connectivity index (χ1) is 8.49. The third-order valence-corrected chi connectivity index (χ3v) is 2.71. The largest absolute Gasteiger partial charge is 0.488 e. The molecule has 18 heavy (non-hydrogen) atoms. The molecular weight excluding hydrogens is 224 g/mol. The highest BCUT2D eigenvalue weighted by Crippen LogP contribution is 2.31. The van der Waals surface area contributed by atoms with E-state index in [4.69, 9.17) is 4.74 Å². The van der Waals surface area contributed by atoms with Crippen molar-refractivity contribution in [3.63, 3.8) is 0 Å². The van der Waals surface area contributed by atoms with Gasteiger partial charge in [0.25, 0.3) is 0 Å². The molecule has 2 bridgehead atoms. The zero-order valence-electron chi connectivity index (χ0n) is 11.1. The first-order valence-electron chi connectivity index (χ1n) is 6.13. The van der Waals surface area contributed by atoms with Gasteiger partial charge in [-0.1, -0.05) is 30.4 Å². The van der Waals surface area contributed by atoms with Crippen molar-refractivity contribution in [3.05, 3.63) is 58.9 Å². The predicted octanol–water partition coefficient (Wildman–Crippen LogP) is 3.64. The van der Waals surface area contributed by atoms with Crippen LogP contribution < -0.4 is 0 Å².